The third-order valence-electron chi connectivity index (χ3n) is 4.05. The summed E-state index contributed by atoms with van der Waals surface area (Å²) in [7, 11) is 0. The Morgan fingerprint density at radius 2 is 2.20 bits per heavy atom. The van der Waals surface area contributed by atoms with Crippen LogP contribution >= 0.6 is 0 Å². The quantitative estimate of drug-likeness (QED) is 0.894. The highest BCUT2D eigenvalue weighted by atomic mass is 16.5. The number of aliphatic hydroxyl groups excluding tert-OH is 1. The lowest BCUT2D eigenvalue weighted by atomic mass is 9.92. The molecule has 2 heterocycles. The van der Waals surface area contributed by atoms with Crippen LogP contribution in [0.1, 0.15) is 30.0 Å². The largest absolute Gasteiger partial charge is 0.501 e. The molecule has 0 saturated carbocycles. The van der Waals surface area contributed by atoms with Gasteiger partial charge in [-0.15, -0.1) is 0 Å². The second-order valence-corrected chi connectivity index (χ2v) is 5.26. The van der Waals surface area contributed by atoms with E-state index in [-0.39, 0.29) is 18.6 Å². The normalized spacial score (nSPS) is 21.8. The molecule has 0 bridgehead atoms. The van der Waals surface area contributed by atoms with E-state index >= 15 is 0 Å². The first-order chi connectivity index (χ1) is 9.81. The Labute approximate surface area is 118 Å². The Balaban J connectivity index is 1.87. The van der Waals surface area contributed by atoms with Crippen molar-refractivity contribution >= 4 is 5.91 Å². The summed E-state index contributed by atoms with van der Waals surface area (Å²) in [4.78, 5) is 14.4. The Kier molecular flexibility index (Phi) is 3.74. The lowest BCUT2D eigenvalue weighted by Crippen LogP contribution is -2.42. The Morgan fingerprint density at radius 1 is 1.35 bits per heavy atom. The van der Waals surface area contributed by atoms with Crippen LogP contribution in [0.25, 0.3) is 0 Å². The second-order valence-electron chi connectivity index (χ2n) is 5.26. The first-order valence-electron chi connectivity index (χ1n) is 7.11. The number of ether oxygens (including phenoxy) is 1. The van der Waals surface area contributed by atoms with Gasteiger partial charge in [0.25, 0.3) is 5.91 Å². The fourth-order valence-corrected chi connectivity index (χ4v) is 3.00. The molecule has 2 aliphatic rings. The van der Waals surface area contributed by atoms with Crippen molar-refractivity contribution in [2.24, 2.45) is 0 Å². The number of fused-ring (bicyclic) bond motifs is 1. The van der Waals surface area contributed by atoms with Gasteiger partial charge in [-0.05, 0) is 30.4 Å². The first-order valence-corrected chi connectivity index (χ1v) is 7.11. The van der Waals surface area contributed by atoms with E-state index in [0.29, 0.717) is 18.7 Å². The van der Waals surface area contributed by atoms with Gasteiger partial charge in [-0.3, -0.25) is 4.79 Å². The van der Waals surface area contributed by atoms with E-state index in [2.05, 4.69) is 6.07 Å². The maximum Gasteiger partial charge on any atom is 0.253 e. The fraction of sp³-hybridized carbons (Fsp3) is 0.438. The Hall–Kier alpha value is -1.81. The number of hydrogen-bond donors (Lipinski definition) is 1. The summed E-state index contributed by atoms with van der Waals surface area (Å²) in [6.07, 6.45) is 4.06. The van der Waals surface area contributed by atoms with Crippen LogP contribution in [0, 0.1) is 0 Å². The van der Waals surface area contributed by atoms with Gasteiger partial charge in [-0.25, -0.2) is 0 Å². The highest BCUT2D eigenvalue weighted by molar-refractivity contribution is 5.93. The molecule has 1 amide bonds. The molecule has 2 aliphatic heterocycles. The molecule has 4 nitrogen and oxygen atoms in total. The zero-order valence-corrected chi connectivity index (χ0v) is 11.4. The minimum Gasteiger partial charge on any atom is -0.501 e. The second kappa shape index (κ2) is 5.67. The third kappa shape index (κ3) is 2.31. The predicted octanol–water partition coefficient (Wildman–Crippen LogP) is 1.80. The highest BCUT2D eigenvalue weighted by Crippen LogP contribution is 2.31. The summed E-state index contributed by atoms with van der Waals surface area (Å²) < 4.78 is 5.26. The Bertz CT molecular complexity index is 538. The molecule has 0 radical (unpaired) electrons. The third-order valence-corrected chi connectivity index (χ3v) is 4.05. The monoisotopic (exact) mass is 273 g/mol. The maximum absolute atomic E-state index is 12.6. The van der Waals surface area contributed by atoms with Crippen LogP contribution in [-0.4, -0.2) is 35.7 Å². The molecule has 1 aromatic carbocycles. The average molecular weight is 273 g/mol. The van der Waals surface area contributed by atoms with Gasteiger partial charge in [0.15, 0.2) is 0 Å². The molecular weight excluding hydrogens is 254 g/mol. The van der Waals surface area contributed by atoms with E-state index in [4.69, 9.17) is 4.74 Å². The number of carbonyl (C=O) groups is 1. The number of rotatable bonds is 2. The number of aliphatic hydroxyl groups is 1. The zero-order valence-electron chi connectivity index (χ0n) is 11.4. The molecule has 0 aromatic heterocycles. The van der Waals surface area contributed by atoms with Gasteiger partial charge in [-0.2, -0.15) is 0 Å². The summed E-state index contributed by atoms with van der Waals surface area (Å²) in [6, 6.07) is 7.79. The maximum atomic E-state index is 12.6. The van der Waals surface area contributed by atoms with E-state index in [1.807, 2.05) is 18.2 Å². The molecule has 0 spiro atoms. The number of benzene rings is 1. The van der Waals surface area contributed by atoms with Gasteiger partial charge in [-0.1, -0.05) is 24.3 Å². The summed E-state index contributed by atoms with van der Waals surface area (Å²) in [5.74, 6) is -0.00162. The van der Waals surface area contributed by atoms with Crippen LogP contribution in [0.4, 0.5) is 0 Å². The van der Waals surface area contributed by atoms with E-state index < -0.39 is 0 Å². The van der Waals surface area contributed by atoms with Crippen molar-refractivity contribution < 1.29 is 14.6 Å². The van der Waals surface area contributed by atoms with Gasteiger partial charge < -0.3 is 14.7 Å². The molecule has 0 saturated heterocycles. The van der Waals surface area contributed by atoms with E-state index in [0.717, 1.165) is 24.8 Å². The van der Waals surface area contributed by atoms with Crippen molar-refractivity contribution in [3.63, 3.8) is 0 Å². The molecular formula is C16H19NO3. The van der Waals surface area contributed by atoms with Crippen LogP contribution in [-0.2, 0) is 16.0 Å². The van der Waals surface area contributed by atoms with Crippen LogP contribution in [0.15, 0.2) is 36.1 Å². The molecule has 0 fully saturated rings. The standard InChI is InChI=1S/C16H19NO3/c18-10-15-14-6-2-1-4-12(14)7-8-17(15)16(19)13-5-3-9-20-11-13/h1-2,4,6,11,15,18H,3,5,7-10H2/t15-/m0/s1. The lowest BCUT2D eigenvalue weighted by Gasteiger charge is -2.37. The molecule has 4 heteroatoms. The van der Waals surface area contributed by atoms with Crippen molar-refractivity contribution in [1.29, 1.82) is 0 Å². The molecule has 3 rings (SSSR count). The van der Waals surface area contributed by atoms with Crippen molar-refractivity contribution in [3.05, 3.63) is 47.2 Å². The van der Waals surface area contributed by atoms with E-state index in [1.165, 1.54) is 5.56 Å². The van der Waals surface area contributed by atoms with Crippen molar-refractivity contribution in [2.75, 3.05) is 19.8 Å². The first kappa shape index (κ1) is 13.2. The zero-order chi connectivity index (χ0) is 13.9. The SMILES string of the molecule is O=C(C1=COCCC1)N1CCc2ccccc2[C@@H]1CO. The minimum absolute atomic E-state index is 0.00162. The predicted molar refractivity (Wildman–Crippen MR) is 75.0 cm³/mol. The number of nitrogens with zero attached hydrogens (tertiary/aromatic N) is 1. The van der Waals surface area contributed by atoms with Crippen molar-refractivity contribution in [2.45, 2.75) is 25.3 Å². The molecule has 0 aliphatic carbocycles. The van der Waals surface area contributed by atoms with Gasteiger partial charge in [0.2, 0.25) is 0 Å². The number of amides is 1. The molecule has 1 atom stereocenters. The van der Waals surface area contributed by atoms with Crippen LogP contribution < -0.4 is 0 Å². The fourth-order valence-electron chi connectivity index (χ4n) is 3.00. The lowest BCUT2D eigenvalue weighted by molar-refractivity contribution is -0.131. The van der Waals surface area contributed by atoms with Crippen LogP contribution in [0.2, 0.25) is 0 Å². The average Bonchev–Trinajstić information content (AvgIpc) is 2.54. The molecule has 1 N–H and O–H groups in total. The molecule has 1 aromatic rings. The van der Waals surface area contributed by atoms with Gasteiger partial charge >= 0.3 is 0 Å². The summed E-state index contributed by atoms with van der Waals surface area (Å²) in [5.41, 5.74) is 3.01. The summed E-state index contributed by atoms with van der Waals surface area (Å²) in [5, 5.41) is 9.71. The van der Waals surface area contributed by atoms with Gasteiger partial charge in [0.05, 0.1) is 31.1 Å². The summed E-state index contributed by atoms with van der Waals surface area (Å²) >= 11 is 0. The van der Waals surface area contributed by atoms with E-state index in [9.17, 15) is 9.90 Å². The van der Waals surface area contributed by atoms with E-state index in [1.54, 1.807) is 11.2 Å². The topological polar surface area (TPSA) is 49.8 Å². The highest BCUT2D eigenvalue weighted by Gasteiger charge is 2.31. The van der Waals surface area contributed by atoms with Gasteiger partial charge in [0.1, 0.15) is 0 Å². The molecule has 20 heavy (non-hydrogen) atoms. The van der Waals surface area contributed by atoms with Crippen LogP contribution in [0.3, 0.4) is 0 Å². The number of hydrogen-bond acceptors (Lipinski definition) is 3. The van der Waals surface area contributed by atoms with Gasteiger partial charge in [0, 0.05) is 6.54 Å². The smallest absolute Gasteiger partial charge is 0.253 e. The van der Waals surface area contributed by atoms with Crippen LogP contribution in [0.5, 0.6) is 0 Å². The summed E-state index contributed by atoms with van der Waals surface area (Å²) in [6.45, 7) is 1.29. The van der Waals surface area contributed by atoms with Crippen molar-refractivity contribution in [3.8, 4) is 0 Å². The number of carbonyl (C=O) groups excluding carboxylic acids is 1. The van der Waals surface area contributed by atoms with Crippen molar-refractivity contribution in [1.82, 2.24) is 4.90 Å². The Morgan fingerprint density at radius 3 is 2.95 bits per heavy atom. The minimum atomic E-state index is -0.240. The molecule has 106 valence electrons. The molecule has 0 unspecified atom stereocenters.